The normalized spacial score (nSPS) is 10.5. The molecule has 72 valence electrons. The van der Waals surface area contributed by atoms with Gasteiger partial charge in [-0.3, -0.25) is 0 Å². The van der Waals surface area contributed by atoms with E-state index in [1.165, 1.54) is 29.2 Å². The molecule has 2 rings (SSSR count). The van der Waals surface area contributed by atoms with Gasteiger partial charge in [-0.15, -0.1) is 0 Å². The first kappa shape index (κ1) is 9.15. The topological polar surface area (TPSA) is 30.7 Å². The van der Waals surface area contributed by atoms with E-state index in [0.29, 0.717) is 16.5 Å². The third kappa shape index (κ3) is 1.61. The van der Waals surface area contributed by atoms with Crippen LogP contribution in [0.4, 0.5) is 4.39 Å². The summed E-state index contributed by atoms with van der Waals surface area (Å²) in [5, 5.41) is 4.46. The second kappa shape index (κ2) is 3.38. The Labute approximate surface area is 85.1 Å². The van der Waals surface area contributed by atoms with Crippen molar-refractivity contribution in [3.8, 4) is 5.69 Å². The molecule has 0 aliphatic rings. The molecule has 0 saturated heterocycles. The van der Waals surface area contributed by atoms with Crippen molar-refractivity contribution in [3.05, 3.63) is 41.2 Å². The van der Waals surface area contributed by atoms with Gasteiger partial charge in [-0.25, -0.2) is 14.1 Å². The van der Waals surface area contributed by atoms with Gasteiger partial charge in [-0.05, 0) is 25.1 Å². The summed E-state index contributed by atoms with van der Waals surface area (Å²) in [4.78, 5) is 3.91. The lowest BCUT2D eigenvalue weighted by Crippen LogP contribution is -1.98. The van der Waals surface area contributed by atoms with Crippen molar-refractivity contribution in [3.63, 3.8) is 0 Å². The SMILES string of the molecule is Cc1ncn(-c2cc(Cl)ccc2F)n1. The standard InChI is InChI=1S/C9H7ClFN3/c1-6-12-5-14(13-6)9-4-7(10)2-3-8(9)11/h2-5H,1H3. The first-order valence-electron chi connectivity index (χ1n) is 4.00. The Bertz CT molecular complexity index is 467. The molecule has 3 nitrogen and oxygen atoms in total. The minimum atomic E-state index is -0.376. The fourth-order valence-electron chi connectivity index (χ4n) is 1.12. The molecule has 0 spiro atoms. The maximum absolute atomic E-state index is 13.3. The molecule has 1 aromatic carbocycles. The van der Waals surface area contributed by atoms with Crippen LogP contribution in [0, 0.1) is 12.7 Å². The number of benzene rings is 1. The summed E-state index contributed by atoms with van der Waals surface area (Å²) in [7, 11) is 0. The van der Waals surface area contributed by atoms with Gasteiger partial charge >= 0.3 is 0 Å². The number of aromatic nitrogens is 3. The molecule has 0 fully saturated rings. The molecule has 0 radical (unpaired) electrons. The molecule has 1 aromatic heterocycles. The van der Waals surface area contributed by atoms with Crippen molar-refractivity contribution in [1.82, 2.24) is 14.8 Å². The van der Waals surface area contributed by atoms with E-state index in [-0.39, 0.29) is 5.82 Å². The highest BCUT2D eigenvalue weighted by Gasteiger charge is 2.06. The van der Waals surface area contributed by atoms with E-state index in [0.717, 1.165) is 0 Å². The highest BCUT2D eigenvalue weighted by Crippen LogP contribution is 2.17. The molecule has 1 heterocycles. The quantitative estimate of drug-likeness (QED) is 0.725. The summed E-state index contributed by atoms with van der Waals surface area (Å²) in [6, 6.07) is 4.30. The minimum absolute atomic E-state index is 0.304. The molecule has 0 aliphatic heterocycles. The first-order valence-corrected chi connectivity index (χ1v) is 4.38. The second-order valence-corrected chi connectivity index (χ2v) is 3.27. The van der Waals surface area contributed by atoms with E-state index in [1.54, 1.807) is 6.92 Å². The molecule has 0 bridgehead atoms. The van der Waals surface area contributed by atoms with Crippen LogP contribution in [0.15, 0.2) is 24.5 Å². The van der Waals surface area contributed by atoms with Gasteiger partial charge in [-0.2, -0.15) is 5.10 Å². The molecule has 2 aromatic rings. The average molecular weight is 212 g/mol. The fraction of sp³-hybridized carbons (Fsp3) is 0.111. The van der Waals surface area contributed by atoms with Crippen molar-refractivity contribution < 1.29 is 4.39 Å². The van der Waals surface area contributed by atoms with E-state index in [2.05, 4.69) is 10.1 Å². The lowest BCUT2D eigenvalue weighted by atomic mass is 10.3. The maximum Gasteiger partial charge on any atom is 0.149 e. The number of hydrogen-bond donors (Lipinski definition) is 0. The van der Waals surface area contributed by atoms with Gasteiger partial charge in [-0.1, -0.05) is 11.6 Å². The van der Waals surface area contributed by atoms with E-state index < -0.39 is 0 Å². The highest BCUT2D eigenvalue weighted by molar-refractivity contribution is 6.30. The first-order chi connectivity index (χ1) is 6.66. The molecule has 0 unspecified atom stereocenters. The van der Waals surface area contributed by atoms with Crippen LogP contribution in [-0.2, 0) is 0 Å². The lowest BCUT2D eigenvalue weighted by molar-refractivity contribution is 0.610. The summed E-state index contributed by atoms with van der Waals surface area (Å²) >= 11 is 5.75. The third-order valence-corrected chi connectivity index (χ3v) is 2.00. The van der Waals surface area contributed by atoms with Gasteiger partial charge in [0.1, 0.15) is 23.7 Å². The Morgan fingerprint density at radius 2 is 2.21 bits per heavy atom. The molecule has 0 atom stereocenters. The van der Waals surface area contributed by atoms with Gasteiger partial charge in [0.25, 0.3) is 0 Å². The number of halogens is 2. The maximum atomic E-state index is 13.3. The Hall–Kier alpha value is -1.42. The molecule has 14 heavy (non-hydrogen) atoms. The number of rotatable bonds is 1. The Morgan fingerprint density at radius 3 is 2.86 bits per heavy atom. The lowest BCUT2D eigenvalue weighted by Gasteiger charge is -2.01. The van der Waals surface area contributed by atoms with Crippen LogP contribution in [0.2, 0.25) is 5.02 Å². The van der Waals surface area contributed by atoms with E-state index in [9.17, 15) is 4.39 Å². The van der Waals surface area contributed by atoms with Gasteiger partial charge in [0.05, 0.1) is 0 Å². The largest absolute Gasteiger partial charge is 0.220 e. The van der Waals surface area contributed by atoms with Crippen LogP contribution >= 0.6 is 11.6 Å². The van der Waals surface area contributed by atoms with Gasteiger partial charge in [0.15, 0.2) is 0 Å². The summed E-state index contributed by atoms with van der Waals surface area (Å²) in [5.74, 6) is 0.212. The van der Waals surface area contributed by atoms with Gasteiger partial charge in [0.2, 0.25) is 0 Å². The predicted octanol–water partition coefficient (Wildman–Crippen LogP) is 2.37. The molecule has 0 amide bonds. The smallest absolute Gasteiger partial charge is 0.149 e. The second-order valence-electron chi connectivity index (χ2n) is 2.83. The fourth-order valence-corrected chi connectivity index (χ4v) is 1.29. The van der Waals surface area contributed by atoms with Crippen LogP contribution in [0.1, 0.15) is 5.82 Å². The number of aryl methyl sites for hydroxylation is 1. The van der Waals surface area contributed by atoms with E-state index >= 15 is 0 Å². The van der Waals surface area contributed by atoms with Crippen LogP contribution in [0.3, 0.4) is 0 Å². The highest BCUT2D eigenvalue weighted by atomic mass is 35.5. The average Bonchev–Trinajstić information content (AvgIpc) is 2.56. The Kier molecular flexibility index (Phi) is 2.21. The molecule has 0 N–H and O–H groups in total. The van der Waals surface area contributed by atoms with Crippen LogP contribution < -0.4 is 0 Å². The summed E-state index contributed by atoms with van der Waals surface area (Å²) in [6.07, 6.45) is 1.45. The molecule has 5 heteroatoms. The van der Waals surface area contributed by atoms with Gasteiger partial charge in [0, 0.05) is 5.02 Å². The molecule has 0 aliphatic carbocycles. The molecular formula is C9H7ClFN3. The zero-order valence-electron chi connectivity index (χ0n) is 7.41. The number of hydrogen-bond acceptors (Lipinski definition) is 2. The third-order valence-electron chi connectivity index (χ3n) is 1.76. The van der Waals surface area contributed by atoms with Crippen molar-refractivity contribution in [2.24, 2.45) is 0 Å². The van der Waals surface area contributed by atoms with Crippen LogP contribution in [-0.4, -0.2) is 14.8 Å². The molecule has 0 saturated carbocycles. The van der Waals surface area contributed by atoms with Gasteiger partial charge < -0.3 is 0 Å². The minimum Gasteiger partial charge on any atom is -0.220 e. The van der Waals surface area contributed by atoms with Crippen molar-refractivity contribution in [2.75, 3.05) is 0 Å². The zero-order chi connectivity index (χ0) is 10.1. The van der Waals surface area contributed by atoms with Crippen LogP contribution in [0.5, 0.6) is 0 Å². The Morgan fingerprint density at radius 1 is 1.43 bits per heavy atom. The molecular weight excluding hydrogens is 205 g/mol. The predicted molar refractivity (Wildman–Crippen MR) is 51.1 cm³/mol. The zero-order valence-corrected chi connectivity index (χ0v) is 8.16. The summed E-state index contributed by atoms with van der Waals surface area (Å²) < 4.78 is 14.7. The Balaban J connectivity index is 2.55. The van der Waals surface area contributed by atoms with E-state index in [4.69, 9.17) is 11.6 Å². The van der Waals surface area contributed by atoms with Crippen molar-refractivity contribution >= 4 is 11.6 Å². The van der Waals surface area contributed by atoms with Crippen molar-refractivity contribution in [2.45, 2.75) is 6.92 Å². The number of nitrogens with zero attached hydrogens (tertiary/aromatic N) is 3. The van der Waals surface area contributed by atoms with Crippen LogP contribution in [0.25, 0.3) is 5.69 Å². The van der Waals surface area contributed by atoms with E-state index in [1.807, 2.05) is 0 Å². The summed E-state index contributed by atoms with van der Waals surface area (Å²) in [6.45, 7) is 1.74. The monoisotopic (exact) mass is 211 g/mol. The summed E-state index contributed by atoms with van der Waals surface area (Å²) in [5.41, 5.74) is 0.304. The van der Waals surface area contributed by atoms with Crippen molar-refractivity contribution in [1.29, 1.82) is 0 Å².